The van der Waals surface area contributed by atoms with Gasteiger partial charge in [0.1, 0.15) is 0 Å². The molecule has 3 N–H and O–H groups in total. The Bertz CT molecular complexity index is 431. The molecule has 1 fully saturated rings. The fraction of sp³-hybridized carbons (Fsp3) is 0.684. The molecule has 0 aliphatic heterocycles. The highest BCUT2D eigenvalue weighted by atomic mass is 16.3. The van der Waals surface area contributed by atoms with E-state index < -0.39 is 0 Å². The van der Waals surface area contributed by atoms with Crippen molar-refractivity contribution in [3.05, 3.63) is 35.4 Å². The van der Waals surface area contributed by atoms with Gasteiger partial charge >= 0.3 is 0 Å². The van der Waals surface area contributed by atoms with Gasteiger partial charge in [0.2, 0.25) is 0 Å². The van der Waals surface area contributed by atoms with E-state index >= 15 is 0 Å². The van der Waals surface area contributed by atoms with Gasteiger partial charge in [0.25, 0.3) is 0 Å². The lowest BCUT2D eigenvalue weighted by atomic mass is 9.68. The minimum Gasteiger partial charge on any atom is -0.392 e. The molecule has 0 spiro atoms. The molecule has 2 unspecified atom stereocenters. The Balaban J connectivity index is 2.24. The molecule has 21 heavy (non-hydrogen) atoms. The van der Waals surface area contributed by atoms with Crippen LogP contribution >= 0.6 is 0 Å². The van der Waals surface area contributed by atoms with Gasteiger partial charge in [-0.2, -0.15) is 0 Å². The second-order valence-electron chi connectivity index (χ2n) is 7.37. The fourth-order valence-electron chi connectivity index (χ4n) is 4.20. The third-order valence-electron chi connectivity index (χ3n) is 5.18. The Hall–Kier alpha value is -0.860. The number of nitrogens with two attached hydrogens (primary N) is 1. The van der Waals surface area contributed by atoms with Crippen LogP contribution in [-0.4, -0.2) is 17.8 Å². The molecule has 1 aliphatic rings. The standard InChI is InChI=1S/C19H31NO/c1-14(2)12-19(10-4-5-11-19)18(21)17(13-20)16-8-6-15(3)7-9-16/h6-9,14,17-18,21H,4-5,10-13,20H2,1-3H3. The second-order valence-corrected chi connectivity index (χ2v) is 7.37. The number of hydrogen-bond acceptors (Lipinski definition) is 2. The van der Waals surface area contributed by atoms with Crippen LogP contribution in [0.25, 0.3) is 0 Å². The summed E-state index contributed by atoms with van der Waals surface area (Å²) in [6.07, 6.45) is 5.57. The molecule has 0 heterocycles. The first-order valence-corrected chi connectivity index (χ1v) is 8.43. The van der Waals surface area contributed by atoms with E-state index in [0.717, 1.165) is 19.3 Å². The van der Waals surface area contributed by atoms with E-state index in [1.54, 1.807) is 0 Å². The van der Waals surface area contributed by atoms with Crippen LogP contribution < -0.4 is 5.73 Å². The van der Waals surface area contributed by atoms with Crippen molar-refractivity contribution in [2.75, 3.05) is 6.54 Å². The molecule has 0 saturated heterocycles. The van der Waals surface area contributed by atoms with E-state index in [4.69, 9.17) is 5.73 Å². The van der Waals surface area contributed by atoms with E-state index in [1.807, 2.05) is 0 Å². The zero-order chi connectivity index (χ0) is 15.5. The number of aliphatic hydroxyl groups excluding tert-OH is 1. The van der Waals surface area contributed by atoms with Gasteiger partial charge in [-0.15, -0.1) is 0 Å². The second kappa shape index (κ2) is 6.93. The van der Waals surface area contributed by atoms with Crippen LogP contribution in [0.1, 0.15) is 63.0 Å². The Morgan fingerprint density at radius 2 is 1.71 bits per heavy atom. The van der Waals surface area contributed by atoms with Gasteiger partial charge in [-0.3, -0.25) is 0 Å². The third-order valence-corrected chi connectivity index (χ3v) is 5.18. The van der Waals surface area contributed by atoms with E-state index in [0.29, 0.717) is 12.5 Å². The molecule has 0 amide bonds. The zero-order valence-corrected chi connectivity index (χ0v) is 13.8. The number of benzene rings is 1. The SMILES string of the molecule is Cc1ccc(C(CN)C(O)C2(CC(C)C)CCCC2)cc1. The van der Waals surface area contributed by atoms with Crippen LogP contribution in [0.2, 0.25) is 0 Å². The predicted octanol–water partition coefficient (Wildman–Crippen LogP) is 4.00. The highest BCUT2D eigenvalue weighted by Gasteiger charge is 2.44. The maximum atomic E-state index is 11.2. The van der Waals surface area contributed by atoms with E-state index in [-0.39, 0.29) is 17.4 Å². The number of aliphatic hydroxyl groups is 1. The first kappa shape index (κ1) is 16.5. The predicted molar refractivity (Wildman–Crippen MR) is 89.3 cm³/mol. The van der Waals surface area contributed by atoms with Gasteiger partial charge in [0.05, 0.1) is 6.10 Å². The fourth-order valence-corrected chi connectivity index (χ4v) is 4.20. The molecule has 2 atom stereocenters. The van der Waals surface area contributed by atoms with Crippen molar-refractivity contribution in [2.45, 2.75) is 64.9 Å². The van der Waals surface area contributed by atoms with Gasteiger partial charge in [-0.25, -0.2) is 0 Å². The molecule has 1 aromatic carbocycles. The molecule has 0 bridgehead atoms. The minimum absolute atomic E-state index is 0.0578. The highest BCUT2D eigenvalue weighted by Crippen LogP contribution is 2.49. The Labute approximate surface area is 129 Å². The summed E-state index contributed by atoms with van der Waals surface area (Å²) in [6, 6.07) is 8.51. The monoisotopic (exact) mass is 289 g/mol. The van der Waals surface area contributed by atoms with Gasteiger partial charge in [-0.05, 0) is 43.1 Å². The van der Waals surface area contributed by atoms with E-state index in [2.05, 4.69) is 45.0 Å². The van der Waals surface area contributed by atoms with Crippen LogP contribution in [0.4, 0.5) is 0 Å². The molecule has 1 aromatic rings. The Kier molecular flexibility index (Phi) is 5.45. The van der Waals surface area contributed by atoms with E-state index in [1.165, 1.54) is 24.0 Å². The summed E-state index contributed by atoms with van der Waals surface area (Å²) >= 11 is 0. The smallest absolute Gasteiger partial charge is 0.0677 e. The number of aryl methyl sites for hydroxylation is 1. The quantitative estimate of drug-likeness (QED) is 0.831. The van der Waals surface area contributed by atoms with Crippen molar-refractivity contribution in [2.24, 2.45) is 17.1 Å². The summed E-state index contributed by atoms with van der Waals surface area (Å²) < 4.78 is 0. The molecule has 1 aliphatic carbocycles. The summed E-state index contributed by atoms with van der Waals surface area (Å²) in [5, 5.41) is 11.2. The lowest BCUT2D eigenvalue weighted by Gasteiger charge is -2.40. The molecule has 118 valence electrons. The molecular weight excluding hydrogens is 258 g/mol. The summed E-state index contributed by atoms with van der Waals surface area (Å²) in [7, 11) is 0. The first-order valence-electron chi connectivity index (χ1n) is 8.43. The normalized spacial score (nSPS) is 20.7. The molecule has 0 radical (unpaired) electrons. The average Bonchev–Trinajstić information content (AvgIpc) is 2.90. The molecule has 0 aromatic heterocycles. The van der Waals surface area contributed by atoms with Gasteiger partial charge in [-0.1, -0.05) is 56.5 Å². The topological polar surface area (TPSA) is 46.2 Å². The summed E-state index contributed by atoms with van der Waals surface area (Å²) in [4.78, 5) is 0. The Morgan fingerprint density at radius 1 is 1.14 bits per heavy atom. The minimum atomic E-state index is -0.324. The third kappa shape index (κ3) is 3.67. The summed E-state index contributed by atoms with van der Waals surface area (Å²) in [6.45, 7) is 7.13. The van der Waals surface area contributed by atoms with Gasteiger partial charge in [0, 0.05) is 12.5 Å². The van der Waals surface area contributed by atoms with Crippen LogP contribution in [0.5, 0.6) is 0 Å². The van der Waals surface area contributed by atoms with Crippen molar-refractivity contribution < 1.29 is 5.11 Å². The summed E-state index contributed by atoms with van der Waals surface area (Å²) in [5.74, 6) is 0.677. The molecular formula is C19H31NO. The van der Waals surface area contributed by atoms with Gasteiger partial charge < -0.3 is 10.8 Å². The van der Waals surface area contributed by atoms with Crippen LogP contribution in [0, 0.1) is 18.3 Å². The van der Waals surface area contributed by atoms with Crippen molar-refractivity contribution in [3.8, 4) is 0 Å². The van der Waals surface area contributed by atoms with Crippen molar-refractivity contribution in [1.29, 1.82) is 0 Å². The van der Waals surface area contributed by atoms with Crippen LogP contribution in [-0.2, 0) is 0 Å². The number of rotatable bonds is 6. The van der Waals surface area contributed by atoms with Crippen LogP contribution in [0.15, 0.2) is 24.3 Å². The molecule has 2 rings (SSSR count). The first-order chi connectivity index (χ1) is 9.98. The molecule has 1 saturated carbocycles. The summed E-state index contributed by atoms with van der Waals surface area (Å²) in [5.41, 5.74) is 8.55. The van der Waals surface area contributed by atoms with E-state index in [9.17, 15) is 5.11 Å². The van der Waals surface area contributed by atoms with Crippen LogP contribution in [0.3, 0.4) is 0 Å². The molecule has 2 nitrogen and oxygen atoms in total. The zero-order valence-electron chi connectivity index (χ0n) is 13.8. The molecule has 2 heteroatoms. The van der Waals surface area contributed by atoms with Crippen molar-refractivity contribution in [1.82, 2.24) is 0 Å². The average molecular weight is 289 g/mol. The lowest BCUT2D eigenvalue weighted by molar-refractivity contribution is -0.00504. The maximum absolute atomic E-state index is 11.2. The van der Waals surface area contributed by atoms with Crippen molar-refractivity contribution in [3.63, 3.8) is 0 Å². The maximum Gasteiger partial charge on any atom is 0.0677 e. The lowest BCUT2D eigenvalue weighted by Crippen LogP contribution is -2.41. The largest absolute Gasteiger partial charge is 0.392 e. The van der Waals surface area contributed by atoms with Crippen molar-refractivity contribution >= 4 is 0 Å². The van der Waals surface area contributed by atoms with Gasteiger partial charge in [0.15, 0.2) is 0 Å². The Morgan fingerprint density at radius 3 is 2.19 bits per heavy atom. The highest BCUT2D eigenvalue weighted by molar-refractivity contribution is 5.26. The number of hydrogen-bond donors (Lipinski definition) is 2.